The Bertz CT molecular complexity index is 1230. The Balaban J connectivity index is 1.87. The number of hydrogen-bond donors (Lipinski definition) is 1. The molecule has 0 bridgehead atoms. The molecule has 35 heavy (non-hydrogen) atoms. The average molecular weight is 500 g/mol. The second-order valence-electron chi connectivity index (χ2n) is 9.77. The van der Waals surface area contributed by atoms with Gasteiger partial charge in [0, 0.05) is 22.7 Å². The van der Waals surface area contributed by atoms with Gasteiger partial charge in [-0.05, 0) is 54.5 Å². The van der Waals surface area contributed by atoms with E-state index in [9.17, 15) is 19.3 Å². The highest BCUT2D eigenvalue weighted by molar-refractivity contribution is 6.74. The van der Waals surface area contributed by atoms with E-state index < -0.39 is 26.0 Å². The molecule has 10 heteroatoms. The van der Waals surface area contributed by atoms with E-state index in [0.717, 1.165) is 5.39 Å². The van der Waals surface area contributed by atoms with Gasteiger partial charge in [0.2, 0.25) is 6.41 Å². The Hall–Kier alpha value is -3.37. The van der Waals surface area contributed by atoms with Crippen LogP contribution in [0.4, 0.5) is 15.8 Å². The molecule has 1 aromatic heterocycles. The zero-order valence-electron chi connectivity index (χ0n) is 20.5. The summed E-state index contributed by atoms with van der Waals surface area (Å²) in [4.78, 5) is 26.3. The number of nitro groups is 1. The number of benzene rings is 2. The van der Waals surface area contributed by atoms with Gasteiger partial charge in [0.05, 0.1) is 16.1 Å². The molecule has 0 aliphatic heterocycles. The fourth-order valence-corrected chi connectivity index (χ4v) is 4.59. The van der Waals surface area contributed by atoms with Crippen LogP contribution in [0.3, 0.4) is 0 Å². The van der Waals surface area contributed by atoms with E-state index in [1.807, 2.05) is 19.2 Å². The quantitative estimate of drug-likeness (QED) is 0.156. The van der Waals surface area contributed by atoms with E-state index in [0.29, 0.717) is 28.9 Å². The van der Waals surface area contributed by atoms with Crippen molar-refractivity contribution in [3.63, 3.8) is 0 Å². The molecule has 0 fully saturated rings. The Labute approximate surface area is 204 Å². The number of aromatic nitrogens is 1. The molecule has 0 saturated heterocycles. The Morgan fingerprint density at radius 1 is 1.17 bits per heavy atom. The maximum absolute atomic E-state index is 13.8. The zero-order chi connectivity index (χ0) is 25.8. The molecule has 186 valence electrons. The van der Waals surface area contributed by atoms with Crippen LogP contribution in [0, 0.1) is 10.1 Å². The molecule has 0 spiro atoms. The van der Waals surface area contributed by atoms with Crippen LogP contribution >= 0.6 is 0 Å². The van der Waals surface area contributed by atoms with Crippen molar-refractivity contribution in [1.29, 1.82) is 0 Å². The first kappa shape index (κ1) is 26.2. The number of amides is 1. The van der Waals surface area contributed by atoms with E-state index in [1.165, 1.54) is 12.1 Å². The van der Waals surface area contributed by atoms with E-state index in [-0.39, 0.29) is 23.1 Å². The Morgan fingerprint density at radius 2 is 1.91 bits per heavy atom. The summed E-state index contributed by atoms with van der Waals surface area (Å²) in [7, 11) is -2.25. The molecule has 3 aromatic rings. The molecule has 0 saturated carbocycles. The Morgan fingerprint density at radius 3 is 2.54 bits per heavy atom. The van der Waals surface area contributed by atoms with Crippen molar-refractivity contribution < 1.29 is 23.3 Å². The van der Waals surface area contributed by atoms with Gasteiger partial charge in [-0.2, -0.15) is 0 Å². The molecule has 0 aliphatic rings. The van der Waals surface area contributed by atoms with Crippen LogP contribution in [0.5, 0.6) is 5.75 Å². The number of nitrogens with one attached hydrogen (secondary N) is 1. The van der Waals surface area contributed by atoms with Crippen LogP contribution in [-0.2, 0) is 9.22 Å². The lowest BCUT2D eigenvalue weighted by Crippen LogP contribution is -2.46. The van der Waals surface area contributed by atoms with Crippen molar-refractivity contribution in [3.05, 3.63) is 58.6 Å². The van der Waals surface area contributed by atoms with Crippen molar-refractivity contribution in [2.45, 2.75) is 45.0 Å². The number of hydrogen-bond acceptors (Lipinski definition) is 6. The van der Waals surface area contributed by atoms with Crippen molar-refractivity contribution in [2.24, 2.45) is 0 Å². The van der Waals surface area contributed by atoms with Crippen molar-refractivity contribution in [1.82, 2.24) is 4.98 Å². The SMILES string of the molecule is CC(C)(C)[Si](C)(C)OC(CF)COc1cc(-c2ccc3cc(NC=O)ccc3n2)ccc1[N+](=O)[O-]. The summed E-state index contributed by atoms with van der Waals surface area (Å²) in [6.07, 6.45) is -0.223. The number of nitrogens with zero attached hydrogens (tertiary/aromatic N) is 2. The van der Waals surface area contributed by atoms with Gasteiger partial charge in [0.1, 0.15) is 19.4 Å². The zero-order valence-corrected chi connectivity index (χ0v) is 21.5. The van der Waals surface area contributed by atoms with E-state index in [2.05, 4.69) is 31.1 Å². The molecule has 0 aliphatic carbocycles. The molecule has 1 amide bonds. The largest absolute Gasteiger partial charge is 0.484 e. The van der Waals surface area contributed by atoms with Crippen molar-refractivity contribution >= 4 is 37.0 Å². The lowest BCUT2D eigenvalue weighted by molar-refractivity contribution is -0.385. The second-order valence-corrected chi connectivity index (χ2v) is 14.5. The number of alkyl halides is 1. The molecule has 1 N–H and O–H groups in total. The molecular formula is C25H30FN3O5Si. The highest BCUT2D eigenvalue weighted by atomic mass is 28.4. The topological polar surface area (TPSA) is 104 Å². The standard InChI is InChI=1S/C25H30FN3O5Si/c1-25(2,3)35(4,5)34-20(14-26)15-33-24-13-18(7-11-23(24)29(31)32)21-9-6-17-12-19(27-16-30)8-10-22(17)28-21/h6-13,16,20H,14-15H2,1-5H3,(H,27,30). The van der Waals surface area contributed by atoms with Crippen LogP contribution in [0.1, 0.15) is 20.8 Å². The van der Waals surface area contributed by atoms with Crippen LogP contribution < -0.4 is 10.1 Å². The Kier molecular flexibility index (Phi) is 7.86. The van der Waals surface area contributed by atoms with Gasteiger partial charge in [0.25, 0.3) is 0 Å². The number of nitro benzene ring substituents is 1. The highest BCUT2D eigenvalue weighted by Gasteiger charge is 2.39. The fraction of sp³-hybridized carbons (Fsp3) is 0.360. The summed E-state index contributed by atoms with van der Waals surface area (Å²) in [6, 6.07) is 13.4. The fourth-order valence-electron chi connectivity index (χ4n) is 3.27. The minimum atomic E-state index is -2.25. The van der Waals surface area contributed by atoms with Gasteiger partial charge in [-0.1, -0.05) is 26.8 Å². The minimum absolute atomic E-state index is 0.0252. The summed E-state index contributed by atoms with van der Waals surface area (Å²) in [5, 5.41) is 14.9. The normalized spacial score (nSPS) is 12.9. The molecule has 0 radical (unpaired) electrons. The number of ether oxygens (including phenoxy) is 1. The van der Waals surface area contributed by atoms with Crippen LogP contribution in [-0.4, -0.2) is 44.0 Å². The molecule has 1 heterocycles. The van der Waals surface area contributed by atoms with Crippen molar-refractivity contribution in [2.75, 3.05) is 18.6 Å². The third kappa shape index (κ3) is 6.20. The maximum atomic E-state index is 13.8. The number of carbonyl (C=O) groups is 1. The van der Waals surface area contributed by atoms with Crippen LogP contribution in [0.25, 0.3) is 22.2 Å². The van der Waals surface area contributed by atoms with Gasteiger partial charge in [-0.3, -0.25) is 14.9 Å². The number of carbonyl (C=O) groups excluding carboxylic acids is 1. The van der Waals surface area contributed by atoms with E-state index in [1.54, 1.807) is 30.3 Å². The number of halogens is 1. The summed E-state index contributed by atoms with van der Waals surface area (Å²) in [5.74, 6) is 0.0252. The summed E-state index contributed by atoms with van der Waals surface area (Å²) in [5.41, 5.74) is 2.33. The van der Waals surface area contributed by atoms with E-state index >= 15 is 0 Å². The third-order valence-corrected chi connectivity index (χ3v) is 10.8. The first-order chi connectivity index (χ1) is 16.4. The summed E-state index contributed by atoms with van der Waals surface area (Å²) in [6.45, 7) is 9.29. The molecule has 1 unspecified atom stereocenters. The number of fused-ring (bicyclic) bond motifs is 1. The highest BCUT2D eigenvalue weighted by Crippen LogP contribution is 2.38. The van der Waals surface area contributed by atoms with Gasteiger partial charge >= 0.3 is 5.69 Å². The predicted molar refractivity (Wildman–Crippen MR) is 137 cm³/mol. The molecule has 2 aromatic carbocycles. The molecular weight excluding hydrogens is 469 g/mol. The monoisotopic (exact) mass is 499 g/mol. The number of anilines is 1. The molecule has 1 atom stereocenters. The second kappa shape index (κ2) is 10.5. The minimum Gasteiger partial charge on any atom is -0.484 e. The van der Waals surface area contributed by atoms with Gasteiger partial charge in [0.15, 0.2) is 14.1 Å². The number of pyridine rings is 1. The lowest BCUT2D eigenvalue weighted by atomic mass is 10.1. The number of rotatable bonds is 10. The van der Waals surface area contributed by atoms with Crippen molar-refractivity contribution in [3.8, 4) is 17.0 Å². The summed E-state index contributed by atoms with van der Waals surface area (Å²) >= 11 is 0. The average Bonchev–Trinajstić information content (AvgIpc) is 2.80. The van der Waals surface area contributed by atoms with Gasteiger partial charge < -0.3 is 14.5 Å². The predicted octanol–water partition coefficient (Wildman–Crippen LogP) is 6.12. The first-order valence-corrected chi connectivity index (χ1v) is 14.1. The van der Waals surface area contributed by atoms with E-state index in [4.69, 9.17) is 9.16 Å². The van der Waals surface area contributed by atoms with Crippen LogP contribution in [0.2, 0.25) is 18.1 Å². The summed E-state index contributed by atoms with van der Waals surface area (Å²) < 4.78 is 25.6. The van der Waals surface area contributed by atoms with Gasteiger partial charge in [-0.25, -0.2) is 9.37 Å². The van der Waals surface area contributed by atoms with Crippen LogP contribution in [0.15, 0.2) is 48.5 Å². The molecule has 8 nitrogen and oxygen atoms in total. The third-order valence-electron chi connectivity index (χ3n) is 6.23. The molecule has 3 rings (SSSR count). The smallest absolute Gasteiger partial charge is 0.310 e. The first-order valence-electron chi connectivity index (χ1n) is 11.2. The lowest BCUT2D eigenvalue weighted by Gasteiger charge is -2.38. The maximum Gasteiger partial charge on any atom is 0.310 e. The van der Waals surface area contributed by atoms with Gasteiger partial charge in [-0.15, -0.1) is 0 Å².